The number of carbonyl (C=O) groups excluding carboxylic acids is 1. The topological polar surface area (TPSA) is 69.6 Å². The van der Waals surface area contributed by atoms with Crippen LogP contribution in [0.5, 0.6) is 0 Å². The van der Waals surface area contributed by atoms with E-state index >= 15 is 0 Å². The van der Waals surface area contributed by atoms with E-state index in [2.05, 4.69) is 19.2 Å². The van der Waals surface area contributed by atoms with Gasteiger partial charge in [0.05, 0.1) is 6.42 Å². The maximum atomic E-state index is 11.8. The largest absolute Gasteiger partial charge is 0.481 e. The Bertz CT molecular complexity index is 252. The number of nitrogens with zero attached hydrogens (tertiary/aromatic N) is 1. The molecule has 0 atom stereocenters. The summed E-state index contributed by atoms with van der Waals surface area (Å²) < 4.78 is 0. The molecule has 0 aromatic carbocycles. The van der Waals surface area contributed by atoms with Gasteiger partial charge in [0, 0.05) is 19.1 Å². The van der Waals surface area contributed by atoms with Crippen LogP contribution >= 0.6 is 0 Å². The fourth-order valence-electron chi connectivity index (χ4n) is 1.38. The van der Waals surface area contributed by atoms with E-state index < -0.39 is 5.97 Å². The zero-order valence-corrected chi connectivity index (χ0v) is 11.2. The summed E-state index contributed by atoms with van der Waals surface area (Å²) in [4.78, 5) is 23.8. The molecule has 0 saturated heterocycles. The Hall–Kier alpha value is -1.26. The van der Waals surface area contributed by atoms with Gasteiger partial charge >= 0.3 is 12.0 Å². The van der Waals surface area contributed by atoms with Gasteiger partial charge in [-0.1, -0.05) is 13.8 Å². The predicted molar refractivity (Wildman–Crippen MR) is 66.9 cm³/mol. The predicted octanol–water partition coefficient (Wildman–Crippen LogP) is 1.93. The summed E-state index contributed by atoms with van der Waals surface area (Å²) in [6.07, 6.45) is 0.909. The first-order valence-corrected chi connectivity index (χ1v) is 6.10. The van der Waals surface area contributed by atoms with E-state index in [1.807, 2.05) is 13.8 Å². The van der Waals surface area contributed by atoms with Crippen molar-refractivity contribution in [1.82, 2.24) is 10.2 Å². The molecule has 2 amide bonds. The highest BCUT2D eigenvalue weighted by Gasteiger charge is 2.17. The molecule has 0 aliphatic heterocycles. The SMILES string of the molecule is CC(C)CCNC(=O)N(CCC(=O)O)C(C)C. The van der Waals surface area contributed by atoms with Crippen LogP contribution in [0.3, 0.4) is 0 Å². The molecule has 100 valence electrons. The van der Waals surface area contributed by atoms with Crippen LogP contribution in [0.1, 0.15) is 40.5 Å². The number of hydrogen-bond donors (Lipinski definition) is 2. The number of nitrogens with one attached hydrogen (secondary N) is 1. The second kappa shape index (κ2) is 7.92. The summed E-state index contributed by atoms with van der Waals surface area (Å²) >= 11 is 0. The van der Waals surface area contributed by atoms with E-state index in [-0.39, 0.29) is 25.0 Å². The summed E-state index contributed by atoms with van der Waals surface area (Å²) in [5.41, 5.74) is 0. The maximum absolute atomic E-state index is 11.8. The fourth-order valence-corrected chi connectivity index (χ4v) is 1.38. The first-order chi connectivity index (χ1) is 7.84. The van der Waals surface area contributed by atoms with Gasteiger partial charge in [-0.05, 0) is 26.2 Å². The van der Waals surface area contributed by atoms with Crippen LogP contribution in [0.25, 0.3) is 0 Å². The van der Waals surface area contributed by atoms with Crippen LogP contribution in [0.4, 0.5) is 4.79 Å². The number of urea groups is 1. The summed E-state index contributed by atoms with van der Waals surface area (Å²) in [7, 11) is 0. The van der Waals surface area contributed by atoms with Crippen molar-refractivity contribution in [3.05, 3.63) is 0 Å². The first-order valence-electron chi connectivity index (χ1n) is 6.10. The quantitative estimate of drug-likeness (QED) is 0.719. The molecule has 0 rings (SSSR count). The van der Waals surface area contributed by atoms with Crippen LogP contribution in [-0.2, 0) is 4.79 Å². The lowest BCUT2D eigenvalue weighted by molar-refractivity contribution is -0.137. The first kappa shape index (κ1) is 15.7. The van der Waals surface area contributed by atoms with Crippen molar-refractivity contribution < 1.29 is 14.7 Å². The Labute approximate surface area is 103 Å². The number of carbonyl (C=O) groups is 2. The number of aliphatic carboxylic acids is 1. The second-order valence-electron chi connectivity index (χ2n) is 4.85. The van der Waals surface area contributed by atoms with Crippen LogP contribution in [0.2, 0.25) is 0 Å². The van der Waals surface area contributed by atoms with Crippen LogP contribution in [0, 0.1) is 5.92 Å². The molecular formula is C12H24N2O3. The van der Waals surface area contributed by atoms with E-state index in [1.54, 1.807) is 4.90 Å². The van der Waals surface area contributed by atoms with Gasteiger partial charge < -0.3 is 15.3 Å². The number of amides is 2. The molecule has 0 aromatic heterocycles. The van der Waals surface area contributed by atoms with Gasteiger partial charge in [-0.25, -0.2) is 4.79 Å². The number of rotatable bonds is 7. The molecule has 0 spiro atoms. The molecular weight excluding hydrogens is 220 g/mol. The lowest BCUT2D eigenvalue weighted by Gasteiger charge is -2.26. The van der Waals surface area contributed by atoms with Crippen molar-refractivity contribution in [2.24, 2.45) is 5.92 Å². The molecule has 0 radical (unpaired) electrons. The Kier molecular flexibility index (Phi) is 7.34. The van der Waals surface area contributed by atoms with E-state index in [4.69, 9.17) is 5.11 Å². The van der Waals surface area contributed by atoms with E-state index in [0.29, 0.717) is 12.5 Å². The third-order valence-corrected chi connectivity index (χ3v) is 2.45. The monoisotopic (exact) mass is 244 g/mol. The Balaban J connectivity index is 4.11. The summed E-state index contributed by atoms with van der Waals surface area (Å²) in [6, 6.07) is -0.171. The third kappa shape index (κ3) is 7.60. The standard InChI is InChI=1S/C12H24N2O3/c1-9(2)5-7-13-12(17)14(10(3)4)8-6-11(15)16/h9-10H,5-8H2,1-4H3,(H,13,17)(H,15,16). The smallest absolute Gasteiger partial charge is 0.317 e. The minimum atomic E-state index is -0.884. The van der Waals surface area contributed by atoms with Crippen LogP contribution in [0.15, 0.2) is 0 Å². The van der Waals surface area contributed by atoms with Crippen molar-refractivity contribution in [3.8, 4) is 0 Å². The lowest BCUT2D eigenvalue weighted by Crippen LogP contribution is -2.45. The molecule has 0 heterocycles. The molecule has 17 heavy (non-hydrogen) atoms. The number of carboxylic acids is 1. The number of carboxylic acid groups (broad SMARTS) is 1. The molecule has 0 bridgehead atoms. The normalized spacial score (nSPS) is 10.7. The molecule has 2 N–H and O–H groups in total. The van der Waals surface area contributed by atoms with Crippen molar-refractivity contribution in [3.63, 3.8) is 0 Å². The molecule has 0 aliphatic carbocycles. The van der Waals surface area contributed by atoms with Gasteiger partial charge in [-0.15, -0.1) is 0 Å². The molecule has 0 aromatic rings. The van der Waals surface area contributed by atoms with Gasteiger partial charge in [-0.2, -0.15) is 0 Å². The Morgan fingerprint density at radius 3 is 2.24 bits per heavy atom. The molecule has 0 aliphatic rings. The van der Waals surface area contributed by atoms with Crippen molar-refractivity contribution >= 4 is 12.0 Å². The van der Waals surface area contributed by atoms with E-state index in [0.717, 1.165) is 6.42 Å². The zero-order chi connectivity index (χ0) is 13.4. The second-order valence-corrected chi connectivity index (χ2v) is 4.85. The average Bonchev–Trinajstić information content (AvgIpc) is 2.16. The van der Waals surface area contributed by atoms with Gasteiger partial charge in [0.25, 0.3) is 0 Å². The maximum Gasteiger partial charge on any atom is 0.317 e. The molecule has 5 nitrogen and oxygen atoms in total. The van der Waals surface area contributed by atoms with Gasteiger partial charge in [0.2, 0.25) is 0 Å². The zero-order valence-electron chi connectivity index (χ0n) is 11.2. The third-order valence-electron chi connectivity index (χ3n) is 2.45. The Morgan fingerprint density at radius 1 is 1.24 bits per heavy atom. The van der Waals surface area contributed by atoms with Gasteiger partial charge in [-0.3, -0.25) is 4.79 Å². The minimum Gasteiger partial charge on any atom is -0.481 e. The van der Waals surface area contributed by atoms with Crippen LogP contribution < -0.4 is 5.32 Å². The molecule has 0 saturated carbocycles. The highest BCUT2D eigenvalue weighted by molar-refractivity contribution is 5.75. The van der Waals surface area contributed by atoms with Crippen LogP contribution in [-0.4, -0.2) is 41.1 Å². The molecule has 5 heteroatoms. The molecule has 0 unspecified atom stereocenters. The number of hydrogen-bond acceptors (Lipinski definition) is 2. The van der Waals surface area contributed by atoms with Crippen molar-refractivity contribution in [1.29, 1.82) is 0 Å². The van der Waals surface area contributed by atoms with Gasteiger partial charge in [0.1, 0.15) is 0 Å². The highest BCUT2D eigenvalue weighted by Crippen LogP contribution is 2.02. The van der Waals surface area contributed by atoms with E-state index in [9.17, 15) is 9.59 Å². The van der Waals surface area contributed by atoms with E-state index in [1.165, 1.54) is 0 Å². The van der Waals surface area contributed by atoms with Gasteiger partial charge in [0.15, 0.2) is 0 Å². The highest BCUT2D eigenvalue weighted by atomic mass is 16.4. The Morgan fingerprint density at radius 2 is 1.82 bits per heavy atom. The van der Waals surface area contributed by atoms with Crippen molar-refractivity contribution in [2.75, 3.05) is 13.1 Å². The van der Waals surface area contributed by atoms with Crippen molar-refractivity contribution in [2.45, 2.75) is 46.6 Å². The fraction of sp³-hybridized carbons (Fsp3) is 0.833. The lowest BCUT2D eigenvalue weighted by atomic mass is 10.1. The molecule has 0 fully saturated rings. The average molecular weight is 244 g/mol. The minimum absolute atomic E-state index is 0.00778. The summed E-state index contributed by atoms with van der Waals surface area (Å²) in [5.74, 6) is -0.340. The summed E-state index contributed by atoms with van der Waals surface area (Å²) in [5, 5.41) is 11.4. The summed E-state index contributed by atoms with van der Waals surface area (Å²) in [6.45, 7) is 8.83.